The second kappa shape index (κ2) is 8.67. The molecule has 1 unspecified atom stereocenters. The van der Waals surface area contributed by atoms with Gasteiger partial charge in [0.05, 0.1) is 36.2 Å². The van der Waals surface area contributed by atoms with Crippen LogP contribution in [0, 0.1) is 11.8 Å². The summed E-state index contributed by atoms with van der Waals surface area (Å²) in [5.74, 6) is -1.41. The normalized spacial score (nSPS) is 28.9. The van der Waals surface area contributed by atoms with Gasteiger partial charge in [0.25, 0.3) is 0 Å². The van der Waals surface area contributed by atoms with Crippen molar-refractivity contribution in [3.05, 3.63) is 0 Å². The largest absolute Gasteiger partial charge is 0.374 e. The van der Waals surface area contributed by atoms with E-state index in [2.05, 4.69) is 10.2 Å². The average molecular weight is 390 g/mol. The van der Waals surface area contributed by atoms with Crippen LogP contribution in [-0.2, 0) is 24.2 Å². The second-order valence-electron chi connectivity index (χ2n) is 7.93. The summed E-state index contributed by atoms with van der Waals surface area (Å²) in [6.45, 7) is 6.46. The number of carbonyl (C=O) groups is 2. The number of sulfone groups is 1. The first-order chi connectivity index (χ1) is 12.1. The van der Waals surface area contributed by atoms with Crippen LogP contribution in [0.1, 0.15) is 20.3 Å². The predicted molar refractivity (Wildman–Crippen MR) is 98.4 cm³/mol. The molecule has 26 heavy (non-hydrogen) atoms. The van der Waals surface area contributed by atoms with Crippen LogP contribution >= 0.6 is 0 Å². The number of likely N-dealkylation sites (N-methyl/N-ethyl adjacent to an activating group) is 2. The number of morpholine rings is 1. The molecule has 2 rings (SSSR count). The summed E-state index contributed by atoms with van der Waals surface area (Å²) in [4.78, 5) is 28.6. The number of amides is 2. The minimum Gasteiger partial charge on any atom is -0.374 e. The number of hydrogen-bond donors (Lipinski definition) is 1. The van der Waals surface area contributed by atoms with Gasteiger partial charge in [-0.2, -0.15) is 0 Å². The Hall–Kier alpha value is -1.19. The lowest BCUT2D eigenvalue weighted by atomic mass is 10.0. The van der Waals surface area contributed by atoms with Gasteiger partial charge in [-0.05, 0) is 13.0 Å². The van der Waals surface area contributed by atoms with E-state index in [9.17, 15) is 18.0 Å². The molecule has 2 amide bonds. The number of hydrogen-bond acceptors (Lipinski definition) is 6. The Morgan fingerprint density at radius 1 is 1.31 bits per heavy atom. The van der Waals surface area contributed by atoms with Crippen LogP contribution < -0.4 is 5.32 Å². The predicted octanol–water partition coefficient (Wildman–Crippen LogP) is -0.649. The molecule has 2 heterocycles. The highest BCUT2D eigenvalue weighted by atomic mass is 32.2. The van der Waals surface area contributed by atoms with Crippen molar-refractivity contribution >= 4 is 21.7 Å². The van der Waals surface area contributed by atoms with Gasteiger partial charge in [-0.3, -0.25) is 9.59 Å². The number of rotatable bonds is 6. The van der Waals surface area contributed by atoms with E-state index in [-0.39, 0.29) is 35.3 Å². The quantitative estimate of drug-likeness (QED) is 0.649. The molecule has 3 atom stereocenters. The van der Waals surface area contributed by atoms with Gasteiger partial charge in [0.2, 0.25) is 11.8 Å². The van der Waals surface area contributed by atoms with E-state index in [1.165, 1.54) is 4.90 Å². The Kier molecular flexibility index (Phi) is 7.04. The number of nitrogens with zero attached hydrogens (tertiary/aromatic N) is 2. The van der Waals surface area contributed by atoms with E-state index < -0.39 is 21.8 Å². The molecule has 0 saturated carbocycles. The van der Waals surface area contributed by atoms with Crippen molar-refractivity contribution in [3.63, 3.8) is 0 Å². The van der Waals surface area contributed by atoms with Crippen LogP contribution in [0.3, 0.4) is 0 Å². The van der Waals surface area contributed by atoms with Crippen molar-refractivity contribution in [1.82, 2.24) is 15.1 Å². The van der Waals surface area contributed by atoms with Gasteiger partial charge in [-0.25, -0.2) is 8.42 Å². The molecule has 0 bridgehead atoms. The summed E-state index contributed by atoms with van der Waals surface area (Å²) in [5.41, 5.74) is 0. The fourth-order valence-electron chi connectivity index (χ4n) is 3.53. The molecule has 0 aromatic rings. The van der Waals surface area contributed by atoms with Crippen LogP contribution in [0.15, 0.2) is 0 Å². The van der Waals surface area contributed by atoms with Crippen molar-refractivity contribution in [2.45, 2.75) is 32.4 Å². The summed E-state index contributed by atoms with van der Waals surface area (Å²) in [6, 6.07) is -0.656. The maximum Gasteiger partial charge on any atom is 0.228 e. The van der Waals surface area contributed by atoms with Gasteiger partial charge < -0.3 is 19.9 Å². The van der Waals surface area contributed by atoms with E-state index in [0.29, 0.717) is 19.6 Å². The van der Waals surface area contributed by atoms with E-state index in [0.717, 1.165) is 13.1 Å². The molecule has 2 fully saturated rings. The number of carbonyl (C=O) groups excluding carboxylic acids is 2. The Labute approximate surface area is 156 Å². The Morgan fingerprint density at radius 2 is 2.00 bits per heavy atom. The van der Waals surface area contributed by atoms with Gasteiger partial charge in [-0.1, -0.05) is 13.8 Å². The molecule has 8 nitrogen and oxygen atoms in total. The zero-order valence-electron chi connectivity index (χ0n) is 16.1. The van der Waals surface area contributed by atoms with Crippen molar-refractivity contribution in [2.75, 3.05) is 51.8 Å². The van der Waals surface area contributed by atoms with Crippen LogP contribution in [0.25, 0.3) is 0 Å². The van der Waals surface area contributed by atoms with E-state index in [1.54, 1.807) is 7.05 Å². The maximum atomic E-state index is 12.8. The fraction of sp³-hybridized carbons (Fsp3) is 0.882. The topological polar surface area (TPSA) is 96.0 Å². The molecule has 9 heteroatoms. The Bertz CT molecular complexity index is 622. The second-order valence-corrected chi connectivity index (χ2v) is 10.1. The highest BCUT2D eigenvalue weighted by Crippen LogP contribution is 2.22. The third kappa shape index (κ3) is 5.92. The minimum absolute atomic E-state index is 0.0882. The molecular formula is C17H31N3O5S. The van der Waals surface area contributed by atoms with E-state index in [1.807, 2.05) is 20.9 Å². The summed E-state index contributed by atoms with van der Waals surface area (Å²) in [7, 11) is 0.325. The molecule has 0 aliphatic carbocycles. The fourth-order valence-corrected chi connectivity index (χ4v) is 5.45. The molecule has 2 aliphatic heterocycles. The SMILES string of the molecule is CC(C)CC(=O)N[C@@H]1CS(=O)(=O)C[C@H]1C(=O)N(C)CC1CN(C)CCO1. The first kappa shape index (κ1) is 21.1. The third-order valence-electron chi connectivity index (χ3n) is 4.81. The summed E-state index contributed by atoms with van der Waals surface area (Å²) >= 11 is 0. The molecule has 1 N–H and O–H groups in total. The first-order valence-electron chi connectivity index (χ1n) is 9.12. The van der Waals surface area contributed by atoms with E-state index in [4.69, 9.17) is 4.74 Å². The van der Waals surface area contributed by atoms with Crippen molar-refractivity contribution in [1.29, 1.82) is 0 Å². The van der Waals surface area contributed by atoms with Crippen LogP contribution in [0.2, 0.25) is 0 Å². The van der Waals surface area contributed by atoms with Crippen LogP contribution in [0.4, 0.5) is 0 Å². The van der Waals surface area contributed by atoms with Crippen molar-refractivity contribution in [2.24, 2.45) is 11.8 Å². The zero-order chi connectivity index (χ0) is 19.5. The molecule has 0 spiro atoms. The van der Waals surface area contributed by atoms with Gasteiger partial charge in [-0.15, -0.1) is 0 Å². The van der Waals surface area contributed by atoms with E-state index >= 15 is 0 Å². The molecule has 150 valence electrons. The molecular weight excluding hydrogens is 358 g/mol. The van der Waals surface area contributed by atoms with Crippen LogP contribution in [0.5, 0.6) is 0 Å². The smallest absolute Gasteiger partial charge is 0.228 e. The van der Waals surface area contributed by atoms with Gasteiger partial charge in [0, 0.05) is 33.1 Å². The molecule has 0 radical (unpaired) electrons. The monoisotopic (exact) mass is 389 g/mol. The summed E-state index contributed by atoms with van der Waals surface area (Å²) < 4.78 is 29.8. The lowest BCUT2D eigenvalue weighted by Crippen LogP contribution is -2.50. The lowest BCUT2D eigenvalue weighted by molar-refractivity contribution is -0.137. The Balaban J connectivity index is 2.00. The molecule has 0 aromatic carbocycles. The average Bonchev–Trinajstić information content (AvgIpc) is 2.80. The third-order valence-corrected chi connectivity index (χ3v) is 6.54. The van der Waals surface area contributed by atoms with Gasteiger partial charge >= 0.3 is 0 Å². The molecule has 0 aromatic heterocycles. The van der Waals surface area contributed by atoms with Gasteiger partial charge in [0.1, 0.15) is 0 Å². The highest BCUT2D eigenvalue weighted by Gasteiger charge is 2.44. The van der Waals surface area contributed by atoms with Crippen LogP contribution in [-0.4, -0.2) is 94.0 Å². The highest BCUT2D eigenvalue weighted by molar-refractivity contribution is 7.91. The Morgan fingerprint density at radius 3 is 2.62 bits per heavy atom. The van der Waals surface area contributed by atoms with Crippen molar-refractivity contribution < 1.29 is 22.7 Å². The first-order valence-corrected chi connectivity index (χ1v) is 10.9. The molecule has 2 saturated heterocycles. The van der Waals surface area contributed by atoms with Crippen molar-refractivity contribution in [3.8, 4) is 0 Å². The number of ether oxygens (including phenoxy) is 1. The van der Waals surface area contributed by atoms with Gasteiger partial charge in [0.15, 0.2) is 9.84 Å². The standard InChI is InChI=1S/C17H31N3O5S/c1-12(2)7-16(21)18-15-11-26(23,24)10-14(15)17(22)20(4)9-13-8-19(3)5-6-25-13/h12-15H,5-11H2,1-4H3,(H,18,21)/t13?,14-,15-/m1/s1. The summed E-state index contributed by atoms with van der Waals surface area (Å²) in [5, 5.41) is 2.76. The lowest BCUT2D eigenvalue weighted by Gasteiger charge is -2.33. The minimum atomic E-state index is -3.34. The molecule has 2 aliphatic rings. The zero-order valence-corrected chi connectivity index (χ0v) is 16.9. The number of nitrogens with one attached hydrogen (secondary N) is 1. The summed E-state index contributed by atoms with van der Waals surface area (Å²) in [6.07, 6.45) is 0.227. The maximum absolute atomic E-state index is 12.8.